The Hall–Kier alpha value is -1.93. The molecule has 11 nitrogen and oxygen atoms in total. The maximum Gasteiger partial charge on any atom is 0.249 e. The summed E-state index contributed by atoms with van der Waals surface area (Å²) in [6.45, 7) is 3.46. The van der Waals surface area contributed by atoms with Crippen molar-refractivity contribution in [3.8, 4) is 0 Å². The third-order valence-corrected chi connectivity index (χ3v) is 15.1. The Kier molecular flexibility index (Phi) is 50.0. The third-order valence-electron chi connectivity index (χ3n) is 15.1. The lowest BCUT2D eigenvalue weighted by molar-refractivity contribution is -0.303. The van der Waals surface area contributed by atoms with Crippen molar-refractivity contribution in [2.75, 3.05) is 13.2 Å². The van der Waals surface area contributed by atoms with Crippen molar-refractivity contribution < 1.29 is 50.0 Å². The molecule has 1 heterocycles. The number of hydrogen-bond acceptors (Lipinski definition) is 10. The molecule has 0 spiro atoms. The van der Waals surface area contributed by atoms with E-state index in [9.17, 15) is 40.5 Å². The fourth-order valence-electron chi connectivity index (χ4n) is 9.96. The van der Waals surface area contributed by atoms with Gasteiger partial charge in [0.15, 0.2) is 6.29 Å². The van der Waals surface area contributed by atoms with Crippen LogP contribution < -0.4 is 5.32 Å². The van der Waals surface area contributed by atoms with Gasteiger partial charge in [-0.1, -0.05) is 249 Å². The molecular weight excluding hydrogens is 943 g/mol. The van der Waals surface area contributed by atoms with Crippen LogP contribution in [0.5, 0.6) is 0 Å². The van der Waals surface area contributed by atoms with Crippen molar-refractivity contribution in [2.24, 2.45) is 0 Å². The van der Waals surface area contributed by atoms with Gasteiger partial charge in [0.25, 0.3) is 0 Å². The van der Waals surface area contributed by atoms with E-state index in [2.05, 4.69) is 67.8 Å². The van der Waals surface area contributed by atoms with E-state index in [1.54, 1.807) is 0 Å². The van der Waals surface area contributed by atoms with Gasteiger partial charge in [-0.3, -0.25) is 4.79 Å². The Morgan fingerprint density at radius 3 is 1.27 bits per heavy atom. The predicted octanol–water partition coefficient (Wildman–Crippen LogP) is 14.0. The summed E-state index contributed by atoms with van der Waals surface area (Å²) in [5, 5.41) is 76.2. The van der Waals surface area contributed by atoms with Crippen molar-refractivity contribution in [1.29, 1.82) is 0 Å². The zero-order chi connectivity index (χ0) is 54.7. The molecule has 0 aliphatic carbocycles. The molecule has 0 bridgehead atoms. The van der Waals surface area contributed by atoms with E-state index in [0.717, 1.165) is 64.2 Å². The molecule has 1 aliphatic heterocycles. The van der Waals surface area contributed by atoms with E-state index in [1.165, 1.54) is 173 Å². The molecule has 11 heteroatoms. The van der Waals surface area contributed by atoms with Gasteiger partial charge in [-0.15, -0.1) is 0 Å². The molecule has 1 fully saturated rings. The quantitative estimate of drug-likeness (QED) is 0.0215. The predicted molar refractivity (Wildman–Crippen MR) is 311 cm³/mol. The first kappa shape index (κ1) is 71.1. The topological polar surface area (TPSA) is 189 Å². The first-order valence-corrected chi connectivity index (χ1v) is 31.5. The van der Waals surface area contributed by atoms with Crippen LogP contribution in [0.1, 0.15) is 284 Å². The lowest BCUT2D eigenvalue weighted by atomic mass is 9.98. The summed E-state index contributed by atoms with van der Waals surface area (Å²) < 4.78 is 11.1. The number of unbranched alkanes of at least 4 members (excludes halogenated alkanes) is 34. The molecule has 1 amide bonds. The summed E-state index contributed by atoms with van der Waals surface area (Å²) >= 11 is 0. The van der Waals surface area contributed by atoms with Gasteiger partial charge in [0, 0.05) is 0 Å². The van der Waals surface area contributed by atoms with Gasteiger partial charge < -0.3 is 50.5 Å². The summed E-state index contributed by atoms with van der Waals surface area (Å²) in [5.74, 6) is -0.717. The van der Waals surface area contributed by atoms with Crippen LogP contribution in [0.3, 0.4) is 0 Å². The van der Waals surface area contributed by atoms with Crippen molar-refractivity contribution in [3.63, 3.8) is 0 Å². The molecule has 0 radical (unpaired) electrons. The second-order valence-corrected chi connectivity index (χ2v) is 22.1. The second-order valence-electron chi connectivity index (χ2n) is 22.1. The van der Waals surface area contributed by atoms with Crippen molar-refractivity contribution in [2.45, 2.75) is 339 Å². The number of hydrogen-bond donors (Lipinski definition) is 8. The lowest BCUT2D eigenvalue weighted by Gasteiger charge is -2.40. The number of rotatable bonds is 54. The van der Waals surface area contributed by atoms with E-state index in [4.69, 9.17) is 9.47 Å². The van der Waals surface area contributed by atoms with E-state index in [0.29, 0.717) is 19.3 Å². The number of nitrogens with one attached hydrogen (secondary N) is 1. The average Bonchev–Trinajstić information content (AvgIpc) is 3.41. The van der Waals surface area contributed by atoms with Crippen LogP contribution in [0.25, 0.3) is 0 Å². The molecule has 1 rings (SSSR count). The van der Waals surface area contributed by atoms with Gasteiger partial charge in [-0.2, -0.15) is 0 Å². The summed E-state index contributed by atoms with van der Waals surface area (Å²) in [4.78, 5) is 13.2. The molecule has 0 saturated carbocycles. The summed E-state index contributed by atoms with van der Waals surface area (Å²) in [7, 11) is 0. The number of allylic oxidation sites excluding steroid dienone is 8. The van der Waals surface area contributed by atoms with E-state index >= 15 is 0 Å². The maximum atomic E-state index is 13.2. The van der Waals surface area contributed by atoms with Crippen LogP contribution in [-0.2, 0) is 14.3 Å². The van der Waals surface area contributed by atoms with Gasteiger partial charge in [0.1, 0.15) is 36.6 Å². The summed E-state index contributed by atoms with van der Waals surface area (Å²) in [6, 6.07) is -1.20. The van der Waals surface area contributed by atoms with E-state index < -0.39 is 74.2 Å². The number of aliphatic hydroxyl groups is 7. The highest BCUT2D eigenvalue weighted by Gasteiger charge is 2.44. The number of carbonyl (C=O) groups excluding carboxylic acids is 1. The van der Waals surface area contributed by atoms with Crippen molar-refractivity contribution >= 4 is 5.91 Å². The first-order chi connectivity index (χ1) is 36.7. The minimum absolute atomic E-state index is 0.238. The van der Waals surface area contributed by atoms with Crippen LogP contribution in [0.15, 0.2) is 48.6 Å². The fourth-order valence-corrected chi connectivity index (χ4v) is 9.96. The first-order valence-electron chi connectivity index (χ1n) is 31.5. The Labute approximate surface area is 459 Å². The standard InChI is InChI=1S/C64H119NO10/c1-3-5-7-9-11-13-15-17-19-21-23-25-27-28-29-30-32-33-35-37-39-41-43-45-47-49-51-56(67)59(69)55(54-74-64-62(72)61(71)60(70)58(53-66)75-64)65-63(73)57(68)52-50-48-46-44-42-40-38-36-34-31-26-24-22-20-18-16-14-12-10-8-6-4-2/h24,26,34-37,43,45,55-62,64,66-72H,3-23,25,27-33,38-42,44,46-54H2,1-2H3,(H,65,73)/b26-24-,36-34-,37-35+,45-43+. The average molecular weight is 1060 g/mol. The molecule has 1 aliphatic rings. The zero-order valence-corrected chi connectivity index (χ0v) is 48.3. The smallest absolute Gasteiger partial charge is 0.249 e. The Morgan fingerprint density at radius 2 is 0.840 bits per heavy atom. The Balaban J connectivity index is 2.31. The second kappa shape index (κ2) is 52.8. The van der Waals surface area contributed by atoms with Gasteiger partial charge in [0.2, 0.25) is 5.91 Å². The Bertz CT molecular complexity index is 1360. The Morgan fingerprint density at radius 1 is 0.467 bits per heavy atom. The van der Waals surface area contributed by atoms with E-state index in [-0.39, 0.29) is 12.8 Å². The number of ether oxygens (including phenoxy) is 2. The molecule has 75 heavy (non-hydrogen) atoms. The molecule has 0 aromatic carbocycles. The monoisotopic (exact) mass is 1060 g/mol. The molecular formula is C64H119NO10. The van der Waals surface area contributed by atoms with Crippen LogP contribution in [0.4, 0.5) is 0 Å². The molecule has 0 aromatic heterocycles. The number of carbonyl (C=O) groups is 1. The van der Waals surface area contributed by atoms with Crippen LogP contribution in [0, 0.1) is 0 Å². The van der Waals surface area contributed by atoms with Crippen LogP contribution in [-0.4, -0.2) is 110 Å². The van der Waals surface area contributed by atoms with Gasteiger partial charge in [-0.25, -0.2) is 0 Å². The fraction of sp³-hybridized carbons (Fsp3) is 0.859. The number of aliphatic hydroxyl groups excluding tert-OH is 7. The zero-order valence-electron chi connectivity index (χ0n) is 48.3. The number of amides is 1. The van der Waals surface area contributed by atoms with Gasteiger partial charge in [0.05, 0.1) is 25.4 Å². The normalized spacial score (nSPS) is 20.0. The van der Waals surface area contributed by atoms with Crippen molar-refractivity contribution in [3.05, 3.63) is 48.6 Å². The minimum atomic E-state index is -1.68. The maximum absolute atomic E-state index is 13.2. The molecule has 9 atom stereocenters. The van der Waals surface area contributed by atoms with E-state index in [1.807, 2.05) is 0 Å². The molecule has 440 valence electrons. The van der Waals surface area contributed by atoms with Crippen LogP contribution >= 0.6 is 0 Å². The highest BCUT2D eigenvalue weighted by Crippen LogP contribution is 2.23. The SMILES string of the molecule is CCCCCCCCCCC/C=C\C/C=C\CCCCCCCCC(O)C(=O)NC(COC1OC(CO)C(O)C(O)C1O)C(O)C(O)CCC/C=C/CC/C=C/CCCCCCCCCCCCCCCCCCC. The molecule has 8 N–H and O–H groups in total. The van der Waals surface area contributed by atoms with Gasteiger partial charge in [-0.05, 0) is 83.5 Å². The lowest BCUT2D eigenvalue weighted by Crippen LogP contribution is -2.60. The molecule has 0 aromatic rings. The minimum Gasteiger partial charge on any atom is -0.394 e. The highest BCUT2D eigenvalue weighted by atomic mass is 16.7. The highest BCUT2D eigenvalue weighted by molar-refractivity contribution is 5.80. The largest absolute Gasteiger partial charge is 0.394 e. The van der Waals surface area contributed by atoms with Gasteiger partial charge >= 0.3 is 0 Å². The third kappa shape index (κ3) is 40.9. The van der Waals surface area contributed by atoms with Crippen LogP contribution in [0.2, 0.25) is 0 Å². The summed E-state index contributed by atoms with van der Waals surface area (Å²) in [6.07, 6.45) is 56.0. The molecule has 9 unspecified atom stereocenters. The van der Waals surface area contributed by atoms with Crippen molar-refractivity contribution in [1.82, 2.24) is 5.32 Å². The summed E-state index contributed by atoms with van der Waals surface area (Å²) in [5.41, 5.74) is 0. The molecule has 1 saturated heterocycles.